The summed E-state index contributed by atoms with van der Waals surface area (Å²) in [4.78, 5) is 0. The number of rotatable bonds is 7. The molecule has 1 saturated carbocycles. The van der Waals surface area contributed by atoms with E-state index in [2.05, 4.69) is 26.1 Å². The van der Waals surface area contributed by atoms with Crippen LogP contribution >= 0.6 is 0 Å². The van der Waals surface area contributed by atoms with Crippen LogP contribution in [0, 0.1) is 11.3 Å². The van der Waals surface area contributed by atoms with Gasteiger partial charge in [-0.25, -0.2) is 0 Å². The van der Waals surface area contributed by atoms with E-state index in [-0.39, 0.29) is 5.41 Å². The molecule has 0 aromatic rings. The molecule has 2 nitrogen and oxygen atoms in total. The van der Waals surface area contributed by atoms with Gasteiger partial charge < -0.3 is 10.4 Å². The SMILES string of the molecule is CCC(CC)(CO)CNC(C)C1CCC1. The van der Waals surface area contributed by atoms with Gasteiger partial charge in [-0.2, -0.15) is 0 Å². The minimum absolute atomic E-state index is 0.109. The third-order valence-corrected chi connectivity index (χ3v) is 4.49. The Morgan fingerprint density at radius 2 is 1.93 bits per heavy atom. The van der Waals surface area contributed by atoms with Crippen LogP contribution < -0.4 is 5.32 Å². The van der Waals surface area contributed by atoms with Crippen LogP contribution in [0.1, 0.15) is 52.9 Å². The highest BCUT2D eigenvalue weighted by Crippen LogP contribution is 2.30. The summed E-state index contributed by atoms with van der Waals surface area (Å²) in [7, 11) is 0. The summed E-state index contributed by atoms with van der Waals surface area (Å²) < 4.78 is 0. The fraction of sp³-hybridized carbons (Fsp3) is 1.00. The minimum Gasteiger partial charge on any atom is -0.396 e. The Balaban J connectivity index is 2.31. The Morgan fingerprint density at radius 1 is 1.33 bits per heavy atom. The number of hydrogen-bond acceptors (Lipinski definition) is 2. The largest absolute Gasteiger partial charge is 0.396 e. The molecule has 0 bridgehead atoms. The Hall–Kier alpha value is -0.0800. The van der Waals surface area contributed by atoms with Crippen molar-refractivity contribution in [2.45, 2.75) is 58.9 Å². The standard InChI is InChI=1S/C13H27NO/c1-4-13(5-2,10-15)9-14-11(3)12-7-6-8-12/h11-12,14-15H,4-10H2,1-3H3. The third-order valence-electron chi connectivity index (χ3n) is 4.49. The lowest BCUT2D eigenvalue weighted by molar-refractivity contribution is 0.103. The average Bonchev–Trinajstić information content (AvgIpc) is 2.18. The van der Waals surface area contributed by atoms with E-state index in [4.69, 9.17) is 0 Å². The summed E-state index contributed by atoms with van der Waals surface area (Å²) in [6, 6.07) is 0.628. The maximum Gasteiger partial charge on any atom is 0.0499 e. The molecule has 15 heavy (non-hydrogen) atoms. The molecule has 1 unspecified atom stereocenters. The summed E-state index contributed by atoms with van der Waals surface area (Å²) in [5.41, 5.74) is 0.109. The van der Waals surface area contributed by atoms with Gasteiger partial charge in [0, 0.05) is 24.6 Å². The first kappa shape index (κ1) is 13.0. The molecule has 0 spiro atoms. The first-order chi connectivity index (χ1) is 7.17. The molecule has 0 aliphatic heterocycles. The summed E-state index contributed by atoms with van der Waals surface area (Å²) in [5, 5.41) is 13.1. The van der Waals surface area contributed by atoms with Crippen molar-refractivity contribution >= 4 is 0 Å². The Kier molecular flexibility index (Phi) is 5.07. The van der Waals surface area contributed by atoms with E-state index in [1.165, 1.54) is 19.3 Å². The zero-order valence-corrected chi connectivity index (χ0v) is 10.6. The van der Waals surface area contributed by atoms with Gasteiger partial charge >= 0.3 is 0 Å². The molecule has 2 heteroatoms. The predicted molar refractivity (Wildman–Crippen MR) is 64.9 cm³/mol. The fourth-order valence-electron chi connectivity index (χ4n) is 2.26. The second-order valence-corrected chi connectivity index (χ2v) is 5.23. The predicted octanol–water partition coefficient (Wildman–Crippen LogP) is 2.56. The van der Waals surface area contributed by atoms with E-state index in [0.717, 1.165) is 25.3 Å². The van der Waals surface area contributed by atoms with Gasteiger partial charge in [0.2, 0.25) is 0 Å². The van der Waals surface area contributed by atoms with Gasteiger partial charge in [0.05, 0.1) is 0 Å². The van der Waals surface area contributed by atoms with Gasteiger partial charge in [-0.3, -0.25) is 0 Å². The van der Waals surface area contributed by atoms with Gasteiger partial charge in [-0.1, -0.05) is 20.3 Å². The summed E-state index contributed by atoms with van der Waals surface area (Å²) in [5.74, 6) is 0.884. The van der Waals surface area contributed by atoms with Crippen LogP contribution in [0.5, 0.6) is 0 Å². The molecule has 2 N–H and O–H groups in total. The highest BCUT2D eigenvalue weighted by Gasteiger charge is 2.28. The number of nitrogens with one attached hydrogen (secondary N) is 1. The molecule has 0 saturated heterocycles. The molecule has 1 fully saturated rings. The first-order valence-corrected chi connectivity index (χ1v) is 6.51. The second-order valence-electron chi connectivity index (χ2n) is 5.23. The van der Waals surface area contributed by atoms with Crippen LogP contribution in [0.15, 0.2) is 0 Å². The van der Waals surface area contributed by atoms with Crippen molar-refractivity contribution < 1.29 is 5.11 Å². The van der Waals surface area contributed by atoms with Gasteiger partial charge in [-0.05, 0) is 38.5 Å². The lowest BCUT2D eigenvalue weighted by Crippen LogP contribution is -2.44. The summed E-state index contributed by atoms with van der Waals surface area (Å²) >= 11 is 0. The van der Waals surface area contributed by atoms with Gasteiger partial charge in [0.25, 0.3) is 0 Å². The molecule has 1 atom stereocenters. The van der Waals surface area contributed by atoms with E-state index < -0.39 is 0 Å². The Labute approximate surface area is 94.5 Å². The van der Waals surface area contributed by atoms with E-state index >= 15 is 0 Å². The van der Waals surface area contributed by atoms with Crippen LogP contribution in [0.3, 0.4) is 0 Å². The topological polar surface area (TPSA) is 32.3 Å². The monoisotopic (exact) mass is 213 g/mol. The fourth-order valence-corrected chi connectivity index (χ4v) is 2.26. The van der Waals surface area contributed by atoms with E-state index in [9.17, 15) is 5.11 Å². The molecule has 1 rings (SSSR count). The highest BCUT2D eigenvalue weighted by molar-refractivity contribution is 4.84. The molecule has 0 heterocycles. The van der Waals surface area contributed by atoms with Gasteiger partial charge in [0.1, 0.15) is 0 Å². The zero-order valence-electron chi connectivity index (χ0n) is 10.6. The molecule has 1 aliphatic rings. The molecule has 0 aromatic heterocycles. The maximum atomic E-state index is 9.46. The smallest absolute Gasteiger partial charge is 0.0499 e. The quantitative estimate of drug-likeness (QED) is 0.681. The van der Waals surface area contributed by atoms with Crippen molar-refractivity contribution in [3.63, 3.8) is 0 Å². The zero-order chi connectivity index (χ0) is 11.3. The number of aliphatic hydroxyl groups is 1. The van der Waals surface area contributed by atoms with Crippen LogP contribution in [-0.4, -0.2) is 24.3 Å². The van der Waals surface area contributed by atoms with E-state index in [1.807, 2.05) is 0 Å². The van der Waals surface area contributed by atoms with Crippen molar-refractivity contribution in [2.24, 2.45) is 11.3 Å². The molecule has 0 radical (unpaired) electrons. The number of aliphatic hydroxyl groups excluding tert-OH is 1. The van der Waals surface area contributed by atoms with Crippen molar-refractivity contribution in [3.8, 4) is 0 Å². The van der Waals surface area contributed by atoms with Crippen LogP contribution in [0.2, 0.25) is 0 Å². The molecular weight excluding hydrogens is 186 g/mol. The summed E-state index contributed by atoms with van der Waals surface area (Å²) in [6.07, 6.45) is 6.30. The lowest BCUT2D eigenvalue weighted by atomic mass is 9.79. The van der Waals surface area contributed by atoms with Crippen molar-refractivity contribution in [1.82, 2.24) is 5.32 Å². The van der Waals surface area contributed by atoms with Crippen LogP contribution in [0.25, 0.3) is 0 Å². The van der Waals surface area contributed by atoms with E-state index in [1.54, 1.807) is 0 Å². The number of hydrogen-bond donors (Lipinski definition) is 2. The molecule has 90 valence electrons. The minimum atomic E-state index is 0.109. The average molecular weight is 213 g/mol. The molecular formula is C13H27NO. The van der Waals surface area contributed by atoms with Crippen molar-refractivity contribution in [2.75, 3.05) is 13.2 Å². The third kappa shape index (κ3) is 3.18. The van der Waals surface area contributed by atoms with Crippen LogP contribution in [0.4, 0.5) is 0 Å². The molecule has 0 amide bonds. The summed E-state index contributed by atoms with van der Waals surface area (Å²) in [6.45, 7) is 7.92. The van der Waals surface area contributed by atoms with Crippen molar-refractivity contribution in [3.05, 3.63) is 0 Å². The van der Waals surface area contributed by atoms with Gasteiger partial charge in [-0.15, -0.1) is 0 Å². The Bertz CT molecular complexity index is 165. The first-order valence-electron chi connectivity index (χ1n) is 6.51. The molecule has 1 aliphatic carbocycles. The molecule has 0 aromatic carbocycles. The van der Waals surface area contributed by atoms with E-state index in [0.29, 0.717) is 12.6 Å². The highest BCUT2D eigenvalue weighted by atomic mass is 16.3. The normalized spacial score (nSPS) is 20.0. The maximum absolute atomic E-state index is 9.46. The second kappa shape index (κ2) is 5.86. The lowest BCUT2D eigenvalue weighted by Gasteiger charge is -2.36. The van der Waals surface area contributed by atoms with Gasteiger partial charge in [0.15, 0.2) is 0 Å². The van der Waals surface area contributed by atoms with Crippen molar-refractivity contribution in [1.29, 1.82) is 0 Å². The Morgan fingerprint density at radius 3 is 2.27 bits per heavy atom. The van der Waals surface area contributed by atoms with Crippen LogP contribution in [-0.2, 0) is 0 Å².